The Morgan fingerprint density at radius 2 is 2.06 bits per heavy atom. The zero-order chi connectivity index (χ0) is 13.5. The van der Waals surface area contributed by atoms with Crippen molar-refractivity contribution in [1.82, 2.24) is 0 Å². The first-order chi connectivity index (χ1) is 8.54. The number of anilines is 1. The summed E-state index contributed by atoms with van der Waals surface area (Å²) >= 11 is 0. The first kappa shape index (κ1) is 13.8. The lowest BCUT2D eigenvalue weighted by Crippen LogP contribution is -2.14. The maximum absolute atomic E-state index is 11.1. The van der Waals surface area contributed by atoms with Crippen LogP contribution in [0.4, 0.5) is 5.69 Å². The van der Waals surface area contributed by atoms with Gasteiger partial charge in [0.05, 0.1) is 19.3 Å². The largest absolute Gasteiger partial charge is 0.493 e. The van der Waals surface area contributed by atoms with Gasteiger partial charge in [0.15, 0.2) is 0 Å². The van der Waals surface area contributed by atoms with Gasteiger partial charge in [-0.25, -0.2) is 0 Å². The van der Waals surface area contributed by atoms with E-state index >= 15 is 0 Å². The Hall–Kier alpha value is -2.24. The van der Waals surface area contributed by atoms with Crippen LogP contribution in [0, 0.1) is 0 Å². The summed E-state index contributed by atoms with van der Waals surface area (Å²) in [5.74, 6) is -0.563. The molecule has 1 rings (SSSR count). The highest BCUT2D eigenvalue weighted by molar-refractivity contribution is 5.96. The molecule has 6 nitrogen and oxygen atoms in total. The lowest BCUT2D eigenvalue weighted by atomic mass is 10.1. The van der Waals surface area contributed by atoms with E-state index in [2.05, 4.69) is 4.74 Å². The lowest BCUT2D eigenvalue weighted by molar-refractivity contribution is -0.140. The minimum absolute atomic E-state index is 0.255. The molecule has 0 heterocycles. The van der Waals surface area contributed by atoms with E-state index in [0.29, 0.717) is 17.9 Å². The molecule has 0 radical (unpaired) electrons. The number of carbonyl (C=O) groups is 2. The van der Waals surface area contributed by atoms with Crippen molar-refractivity contribution in [2.24, 2.45) is 5.73 Å². The van der Waals surface area contributed by atoms with Gasteiger partial charge in [-0.15, -0.1) is 0 Å². The minimum atomic E-state index is -0.585. The van der Waals surface area contributed by atoms with Gasteiger partial charge in [-0.05, 0) is 18.6 Å². The molecule has 0 saturated carbocycles. The van der Waals surface area contributed by atoms with Crippen LogP contribution in [0.1, 0.15) is 23.2 Å². The van der Waals surface area contributed by atoms with Crippen molar-refractivity contribution >= 4 is 17.6 Å². The molecule has 1 aromatic rings. The number of amides is 1. The van der Waals surface area contributed by atoms with Gasteiger partial charge < -0.3 is 20.9 Å². The predicted octanol–water partition coefficient (Wildman–Crippen LogP) is 0.700. The Balaban J connectivity index is 2.58. The van der Waals surface area contributed by atoms with Gasteiger partial charge in [-0.3, -0.25) is 9.59 Å². The number of benzene rings is 1. The second-order valence-electron chi connectivity index (χ2n) is 3.65. The molecule has 0 unspecified atom stereocenters. The van der Waals surface area contributed by atoms with Crippen LogP contribution < -0.4 is 16.2 Å². The summed E-state index contributed by atoms with van der Waals surface area (Å²) in [5, 5.41) is 0. The number of hydrogen-bond acceptors (Lipinski definition) is 5. The van der Waals surface area contributed by atoms with Gasteiger partial charge >= 0.3 is 5.97 Å². The predicted molar refractivity (Wildman–Crippen MR) is 66.1 cm³/mol. The molecular formula is C12H16N2O4. The fraction of sp³-hybridized carbons (Fsp3) is 0.333. The zero-order valence-electron chi connectivity index (χ0n) is 10.1. The molecule has 0 spiro atoms. The van der Waals surface area contributed by atoms with Gasteiger partial charge in [-0.1, -0.05) is 0 Å². The maximum atomic E-state index is 11.1. The highest BCUT2D eigenvalue weighted by Gasteiger charge is 2.10. The molecular weight excluding hydrogens is 236 g/mol. The number of hydrogen-bond donors (Lipinski definition) is 2. The Labute approximate surface area is 105 Å². The van der Waals surface area contributed by atoms with E-state index in [0.717, 1.165) is 0 Å². The van der Waals surface area contributed by atoms with Crippen molar-refractivity contribution in [3.05, 3.63) is 23.8 Å². The Morgan fingerprint density at radius 1 is 1.33 bits per heavy atom. The van der Waals surface area contributed by atoms with Crippen molar-refractivity contribution in [2.75, 3.05) is 19.5 Å². The summed E-state index contributed by atoms with van der Waals surface area (Å²) in [7, 11) is 1.33. The van der Waals surface area contributed by atoms with Crippen molar-refractivity contribution < 1.29 is 19.1 Å². The Morgan fingerprint density at radius 3 is 2.67 bits per heavy atom. The summed E-state index contributed by atoms with van der Waals surface area (Å²) in [6, 6.07) is 4.60. The van der Waals surface area contributed by atoms with E-state index in [1.54, 1.807) is 6.07 Å². The Bertz CT molecular complexity index is 446. The van der Waals surface area contributed by atoms with Gasteiger partial charge in [0.1, 0.15) is 5.75 Å². The second-order valence-corrected chi connectivity index (χ2v) is 3.65. The van der Waals surface area contributed by atoms with Crippen LogP contribution in [0.5, 0.6) is 5.75 Å². The Kier molecular flexibility index (Phi) is 4.98. The van der Waals surface area contributed by atoms with Crippen molar-refractivity contribution in [1.29, 1.82) is 0 Å². The molecule has 0 aliphatic heterocycles. The molecule has 0 aliphatic rings. The quantitative estimate of drug-likeness (QED) is 0.440. The number of primary amides is 1. The van der Waals surface area contributed by atoms with Crippen LogP contribution in [0.2, 0.25) is 0 Å². The monoisotopic (exact) mass is 252 g/mol. The highest BCUT2D eigenvalue weighted by atomic mass is 16.5. The van der Waals surface area contributed by atoms with Crippen LogP contribution >= 0.6 is 0 Å². The second kappa shape index (κ2) is 6.48. The van der Waals surface area contributed by atoms with Crippen molar-refractivity contribution in [3.63, 3.8) is 0 Å². The zero-order valence-corrected chi connectivity index (χ0v) is 10.1. The smallest absolute Gasteiger partial charge is 0.305 e. The molecule has 4 N–H and O–H groups in total. The third-order valence-electron chi connectivity index (χ3n) is 2.28. The average Bonchev–Trinajstić information content (AvgIpc) is 2.34. The van der Waals surface area contributed by atoms with Crippen molar-refractivity contribution in [2.45, 2.75) is 12.8 Å². The number of nitrogens with two attached hydrogens (primary N) is 2. The molecule has 98 valence electrons. The van der Waals surface area contributed by atoms with Gasteiger partial charge in [0.25, 0.3) is 5.91 Å². The number of carbonyl (C=O) groups excluding carboxylic acids is 2. The van der Waals surface area contributed by atoms with Gasteiger partial charge in [0, 0.05) is 18.2 Å². The standard InChI is InChI=1S/C12H16N2O4/c1-17-11(15)3-2-6-18-10-7-8(13)4-5-9(10)12(14)16/h4-5,7H,2-3,6,13H2,1H3,(H2,14,16). The average molecular weight is 252 g/mol. The topological polar surface area (TPSA) is 105 Å². The molecule has 1 amide bonds. The first-order valence-corrected chi connectivity index (χ1v) is 5.43. The molecule has 0 saturated heterocycles. The van der Waals surface area contributed by atoms with Gasteiger partial charge in [-0.2, -0.15) is 0 Å². The summed E-state index contributed by atoms with van der Waals surface area (Å²) < 4.78 is 9.88. The molecule has 18 heavy (non-hydrogen) atoms. The minimum Gasteiger partial charge on any atom is -0.493 e. The van der Waals surface area contributed by atoms with E-state index in [9.17, 15) is 9.59 Å². The molecule has 0 aromatic heterocycles. The van der Waals surface area contributed by atoms with Crippen molar-refractivity contribution in [3.8, 4) is 5.75 Å². The summed E-state index contributed by atoms with van der Waals surface area (Å²) in [6.07, 6.45) is 0.740. The summed E-state index contributed by atoms with van der Waals surface area (Å²) in [4.78, 5) is 22.0. The molecule has 6 heteroatoms. The third-order valence-corrected chi connectivity index (χ3v) is 2.28. The lowest BCUT2D eigenvalue weighted by Gasteiger charge is -2.10. The van der Waals surface area contributed by atoms with Crippen LogP contribution in [-0.2, 0) is 9.53 Å². The molecule has 1 aromatic carbocycles. The van der Waals surface area contributed by atoms with E-state index in [1.807, 2.05) is 0 Å². The van der Waals surface area contributed by atoms with E-state index in [-0.39, 0.29) is 24.6 Å². The number of ether oxygens (including phenoxy) is 2. The maximum Gasteiger partial charge on any atom is 0.305 e. The van der Waals surface area contributed by atoms with E-state index in [1.165, 1.54) is 19.2 Å². The fourth-order valence-electron chi connectivity index (χ4n) is 1.36. The first-order valence-electron chi connectivity index (χ1n) is 5.43. The third kappa shape index (κ3) is 3.97. The molecule has 0 bridgehead atoms. The van der Waals surface area contributed by atoms with Gasteiger partial charge in [0.2, 0.25) is 0 Å². The number of nitrogen functional groups attached to an aromatic ring is 1. The van der Waals surface area contributed by atoms with Crippen LogP contribution in [0.3, 0.4) is 0 Å². The summed E-state index contributed by atoms with van der Waals surface area (Å²) in [5.41, 5.74) is 11.5. The number of methoxy groups -OCH3 is 1. The SMILES string of the molecule is COC(=O)CCCOc1cc(N)ccc1C(N)=O. The number of esters is 1. The molecule has 0 fully saturated rings. The van der Waals surface area contributed by atoms with Crippen LogP contribution in [0.25, 0.3) is 0 Å². The normalized spacial score (nSPS) is 9.83. The highest BCUT2D eigenvalue weighted by Crippen LogP contribution is 2.21. The van der Waals surface area contributed by atoms with Crippen LogP contribution in [0.15, 0.2) is 18.2 Å². The number of rotatable bonds is 6. The molecule has 0 aliphatic carbocycles. The fourth-order valence-corrected chi connectivity index (χ4v) is 1.36. The van der Waals surface area contributed by atoms with E-state index in [4.69, 9.17) is 16.2 Å². The van der Waals surface area contributed by atoms with Crippen LogP contribution in [-0.4, -0.2) is 25.6 Å². The van der Waals surface area contributed by atoms with E-state index < -0.39 is 5.91 Å². The summed E-state index contributed by atoms with van der Waals surface area (Å²) in [6.45, 7) is 0.277. The molecule has 0 atom stereocenters.